The average molecular weight is 330 g/mol. The molecule has 2 nitrogen and oxygen atoms in total. The fourth-order valence-corrected chi connectivity index (χ4v) is 4.73. The van der Waals surface area contributed by atoms with Gasteiger partial charge in [-0.15, -0.1) is 0 Å². The molecule has 0 aromatic heterocycles. The summed E-state index contributed by atoms with van der Waals surface area (Å²) in [5.41, 5.74) is -0.00252. The molecule has 0 aromatic carbocycles. The van der Waals surface area contributed by atoms with Gasteiger partial charge in [-0.25, -0.2) is 0 Å². The van der Waals surface area contributed by atoms with E-state index in [9.17, 15) is 4.79 Å². The summed E-state index contributed by atoms with van der Waals surface area (Å²) in [7, 11) is 0. The van der Waals surface area contributed by atoms with Crippen LogP contribution < -0.4 is 0 Å². The molecule has 3 heteroatoms. The first-order chi connectivity index (χ1) is 9.07. The number of amides is 1. The van der Waals surface area contributed by atoms with Gasteiger partial charge in [0, 0.05) is 23.8 Å². The maximum Gasteiger partial charge on any atom is 0.228 e. The van der Waals surface area contributed by atoms with Crippen LogP contribution in [-0.2, 0) is 4.79 Å². The number of rotatable bonds is 5. The molecule has 1 aliphatic carbocycles. The molecule has 2 aliphatic rings. The quantitative estimate of drug-likeness (QED) is 0.691. The lowest BCUT2D eigenvalue weighted by Gasteiger charge is -2.34. The van der Waals surface area contributed by atoms with E-state index in [1.165, 1.54) is 25.7 Å². The molecule has 1 saturated carbocycles. The highest BCUT2D eigenvalue weighted by Gasteiger charge is 2.44. The Labute approximate surface area is 126 Å². The summed E-state index contributed by atoms with van der Waals surface area (Å²) in [4.78, 5) is 15.2. The molecule has 1 heterocycles. The first-order valence-corrected chi connectivity index (χ1v) is 9.05. The molecule has 1 unspecified atom stereocenters. The van der Waals surface area contributed by atoms with Crippen LogP contribution in [0.3, 0.4) is 0 Å². The van der Waals surface area contributed by atoms with Crippen LogP contribution in [0.25, 0.3) is 0 Å². The Kier molecular flexibility index (Phi) is 5.33. The fourth-order valence-electron chi connectivity index (χ4n) is 4.08. The zero-order valence-corrected chi connectivity index (χ0v) is 14.0. The van der Waals surface area contributed by atoms with Crippen molar-refractivity contribution in [2.45, 2.75) is 58.8 Å². The van der Waals surface area contributed by atoms with Gasteiger partial charge < -0.3 is 4.90 Å². The number of hydrogen-bond acceptors (Lipinski definition) is 1. The molecule has 110 valence electrons. The second-order valence-electron chi connectivity index (χ2n) is 6.97. The summed E-state index contributed by atoms with van der Waals surface area (Å²) < 4.78 is 0. The molecule has 0 N–H and O–H groups in total. The molecule has 1 amide bonds. The molecule has 0 aromatic rings. The van der Waals surface area contributed by atoms with Gasteiger partial charge in [0.1, 0.15) is 0 Å². The number of halogens is 1. The number of carbonyl (C=O) groups excluding carboxylic acids is 1. The van der Waals surface area contributed by atoms with Crippen molar-refractivity contribution >= 4 is 21.8 Å². The standard InChI is InChI=1S/C16H28BrNO/c1-13(2)11-16(7-3-4-8-16)15(19)18-10-6-14(12-18)5-9-17/h13-14H,3-12H2,1-2H3. The Hall–Kier alpha value is -0.0500. The zero-order valence-electron chi connectivity index (χ0n) is 12.5. The Morgan fingerprint density at radius 3 is 2.63 bits per heavy atom. The summed E-state index contributed by atoms with van der Waals surface area (Å²) in [5.74, 6) is 1.83. The molecule has 2 rings (SSSR count). The molecule has 0 bridgehead atoms. The largest absolute Gasteiger partial charge is 0.342 e. The van der Waals surface area contributed by atoms with Crippen molar-refractivity contribution in [1.82, 2.24) is 4.90 Å². The van der Waals surface area contributed by atoms with Crippen molar-refractivity contribution in [3.8, 4) is 0 Å². The van der Waals surface area contributed by atoms with E-state index in [4.69, 9.17) is 0 Å². The lowest BCUT2D eigenvalue weighted by Crippen LogP contribution is -2.42. The van der Waals surface area contributed by atoms with Crippen molar-refractivity contribution in [3.05, 3.63) is 0 Å². The highest BCUT2D eigenvalue weighted by atomic mass is 79.9. The lowest BCUT2D eigenvalue weighted by molar-refractivity contribution is -0.142. The lowest BCUT2D eigenvalue weighted by atomic mass is 9.77. The number of nitrogens with zero attached hydrogens (tertiary/aromatic N) is 1. The summed E-state index contributed by atoms with van der Waals surface area (Å²) in [5, 5.41) is 1.07. The van der Waals surface area contributed by atoms with Gasteiger partial charge in [-0.3, -0.25) is 4.79 Å². The van der Waals surface area contributed by atoms with Crippen molar-refractivity contribution in [3.63, 3.8) is 0 Å². The molecule has 0 radical (unpaired) electrons. The smallest absolute Gasteiger partial charge is 0.228 e. The Bertz CT molecular complexity index is 310. The van der Waals surface area contributed by atoms with Crippen molar-refractivity contribution in [2.24, 2.45) is 17.3 Å². The average Bonchev–Trinajstić information content (AvgIpc) is 2.98. The second kappa shape index (κ2) is 6.60. The van der Waals surface area contributed by atoms with Crippen LogP contribution in [-0.4, -0.2) is 29.2 Å². The Balaban J connectivity index is 2.00. The molecule has 1 aliphatic heterocycles. The summed E-state index contributed by atoms with van der Waals surface area (Å²) >= 11 is 3.52. The number of likely N-dealkylation sites (tertiary alicyclic amines) is 1. The molecule has 2 fully saturated rings. The molecule has 1 saturated heterocycles. The van der Waals surface area contributed by atoms with E-state index in [2.05, 4.69) is 34.7 Å². The minimum atomic E-state index is -0.00252. The van der Waals surface area contributed by atoms with Gasteiger partial charge in [-0.05, 0) is 43.9 Å². The third-order valence-electron chi connectivity index (χ3n) is 4.90. The van der Waals surface area contributed by atoms with Gasteiger partial charge in [0.15, 0.2) is 0 Å². The van der Waals surface area contributed by atoms with E-state index in [0.29, 0.717) is 11.8 Å². The van der Waals surface area contributed by atoms with E-state index < -0.39 is 0 Å². The minimum Gasteiger partial charge on any atom is -0.342 e. The van der Waals surface area contributed by atoms with Crippen LogP contribution in [0.2, 0.25) is 0 Å². The Morgan fingerprint density at radius 2 is 2.05 bits per heavy atom. The predicted molar refractivity (Wildman–Crippen MR) is 83.5 cm³/mol. The van der Waals surface area contributed by atoms with Gasteiger partial charge in [0.25, 0.3) is 0 Å². The van der Waals surface area contributed by atoms with Gasteiger partial charge >= 0.3 is 0 Å². The van der Waals surface area contributed by atoms with Crippen molar-refractivity contribution in [1.29, 1.82) is 0 Å². The molecular formula is C16H28BrNO. The van der Waals surface area contributed by atoms with E-state index in [1.54, 1.807) is 0 Å². The van der Waals surface area contributed by atoms with Crippen LogP contribution in [0.1, 0.15) is 58.8 Å². The zero-order chi connectivity index (χ0) is 13.9. The van der Waals surface area contributed by atoms with Gasteiger partial charge in [0.2, 0.25) is 5.91 Å². The normalized spacial score (nSPS) is 26.3. The number of hydrogen-bond donors (Lipinski definition) is 0. The van der Waals surface area contributed by atoms with Gasteiger partial charge in [0.05, 0.1) is 0 Å². The minimum absolute atomic E-state index is 0.00252. The maximum absolute atomic E-state index is 13.0. The van der Waals surface area contributed by atoms with Crippen molar-refractivity contribution < 1.29 is 4.79 Å². The highest BCUT2D eigenvalue weighted by molar-refractivity contribution is 9.09. The second-order valence-corrected chi connectivity index (χ2v) is 7.76. The van der Waals surface area contributed by atoms with E-state index in [-0.39, 0.29) is 5.41 Å². The molecule has 19 heavy (non-hydrogen) atoms. The van der Waals surface area contributed by atoms with Gasteiger partial charge in [-0.2, -0.15) is 0 Å². The van der Waals surface area contributed by atoms with E-state index in [0.717, 1.165) is 43.6 Å². The number of alkyl halides is 1. The summed E-state index contributed by atoms with van der Waals surface area (Å²) in [6.45, 7) is 6.51. The van der Waals surface area contributed by atoms with Gasteiger partial charge in [-0.1, -0.05) is 42.6 Å². The SMILES string of the molecule is CC(C)CC1(C(=O)N2CCC(CCBr)C2)CCCC1. The van der Waals surface area contributed by atoms with E-state index in [1.807, 2.05) is 0 Å². The topological polar surface area (TPSA) is 20.3 Å². The molecular weight excluding hydrogens is 302 g/mol. The van der Waals surface area contributed by atoms with Crippen LogP contribution in [0.15, 0.2) is 0 Å². The third-order valence-corrected chi connectivity index (χ3v) is 5.36. The summed E-state index contributed by atoms with van der Waals surface area (Å²) in [6.07, 6.45) is 8.25. The molecule has 0 spiro atoms. The third kappa shape index (κ3) is 3.53. The van der Waals surface area contributed by atoms with Crippen LogP contribution in [0.5, 0.6) is 0 Å². The molecule has 1 atom stereocenters. The van der Waals surface area contributed by atoms with Crippen LogP contribution >= 0.6 is 15.9 Å². The van der Waals surface area contributed by atoms with E-state index >= 15 is 0 Å². The number of carbonyl (C=O) groups is 1. The van der Waals surface area contributed by atoms with Crippen molar-refractivity contribution in [2.75, 3.05) is 18.4 Å². The highest BCUT2D eigenvalue weighted by Crippen LogP contribution is 2.45. The van der Waals surface area contributed by atoms with Crippen LogP contribution in [0.4, 0.5) is 0 Å². The first kappa shape index (κ1) is 15.3. The first-order valence-electron chi connectivity index (χ1n) is 7.93. The Morgan fingerprint density at radius 1 is 1.37 bits per heavy atom. The fraction of sp³-hybridized carbons (Fsp3) is 0.938. The predicted octanol–water partition coefficient (Wildman–Crippen LogP) is 4.23. The summed E-state index contributed by atoms with van der Waals surface area (Å²) in [6, 6.07) is 0. The monoisotopic (exact) mass is 329 g/mol. The maximum atomic E-state index is 13.0. The van der Waals surface area contributed by atoms with Crippen LogP contribution in [0, 0.1) is 17.3 Å².